The van der Waals surface area contributed by atoms with E-state index in [0.717, 1.165) is 18.7 Å². The SMILES string of the molecule is COc1cccc(COC[C@@H](NC(=O)c2cccnc2Oc2ccc(Cl)cc2)C(=O)N2CCN(C)CC2)c1. The van der Waals surface area contributed by atoms with Crippen LogP contribution in [0.2, 0.25) is 5.02 Å². The number of rotatable bonds is 10. The third kappa shape index (κ3) is 7.44. The van der Waals surface area contributed by atoms with Crippen molar-refractivity contribution in [1.82, 2.24) is 20.1 Å². The molecular weight excluding hydrogens is 508 g/mol. The Balaban J connectivity index is 1.48. The van der Waals surface area contributed by atoms with Gasteiger partial charge in [0.1, 0.15) is 23.1 Å². The van der Waals surface area contributed by atoms with Gasteiger partial charge in [0.05, 0.1) is 20.3 Å². The van der Waals surface area contributed by atoms with Crippen LogP contribution in [-0.4, -0.2) is 79.6 Å². The summed E-state index contributed by atoms with van der Waals surface area (Å²) in [4.78, 5) is 35.0. The van der Waals surface area contributed by atoms with Crippen LogP contribution in [0.1, 0.15) is 15.9 Å². The summed E-state index contributed by atoms with van der Waals surface area (Å²) in [5, 5.41) is 3.42. The molecule has 2 heterocycles. The molecule has 2 aromatic carbocycles. The molecule has 3 aromatic rings. The number of benzene rings is 2. The molecule has 0 unspecified atom stereocenters. The van der Waals surface area contributed by atoms with Gasteiger partial charge in [0.2, 0.25) is 11.8 Å². The van der Waals surface area contributed by atoms with Crippen molar-refractivity contribution in [2.75, 3.05) is 46.9 Å². The van der Waals surface area contributed by atoms with E-state index >= 15 is 0 Å². The first-order chi connectivity index (χ1) is 18.4. The lowest BCUT2D eigenvalue weighted by molar-refractivity contribution is -0.136. The number of hydrogen-bond acceptors (Lipinski definition) is 7. The number of amides is 2. The molecule has 10 heteroatoms. The maximum atomic E-state index is 13.5. The van der Waals surface area contributed by atoms with Gasteiger partial charge in [-0.3, -0.25) is 9.59 Å². The van der Waals surface area contributed by atoms with Crippen LogP contribution >= 0.6 is 11.6 Å². The second-order valence-electron chi connectivity index (χ2n) is 8.93. The number of nitrogens with zero attached hydrogens (tertiary/aromatic N) is 3. The molecule has 9 nitrogen and oxygen atoms in total. The van der Waals surface area contributed by atoms with Crippen LogP contribution in [0, 0.1) is 0 Å². The number of carbonyl (C=O) groups excluding carboxylic acids is 2. The van der Waals surface area contributed by atoms with E-state index in [9.17, 15) is 9.59 Å². The van der Waals surface area contributed by atoms with E-state index < -0.39 is 11.9 Å². The summed E-state index contributed by atoms with van der Waals surface area (Å²) >= 11 is 5.96. The van der Waals surface area contributed by atoms with Gasteiger partial charge in [-0.1, -0.05) is 23.7 Å². The highest BCUT2D eigenvalue weighted by atomic mass is 35.5. The van der Waals surface area contributed by atoms with Crippen molar-refractivity contribution in [3.8, 4) is 17.4 Å². The van der Waals surface area contributed by atoms with E-state index in [1.807, 2.05) is 31.3 Å². The van der Waals surface area contributed by atoms with Crippen LogP contribution in [0.3, 0.4) is 0 Å². The first-order valence-corrected chi connectivity index (χ1v) is 12.7. The first kappa shape index (κ1) is 27.4. The second-order valence-corrected chi connectivity index (χ2v) is 9.37. The van der Waals surface area contributed by atoms with Crippen LogP contribution in [0.25, 0.3) is 0 Å². The van der Waals surface area contributed by atoms with E-state index in [1.165, 1.54) is 6.20 Å². The smallest absolute Gasteiger partial charge is 0.257 e. The number of pyridine rings is 1. The topological polar surface area (TPSA) is 93.2 Å². The Bertz CT molecular complexity index is 1230. The number of halogens is 1. The predicted molar refractivity (Wildman–Crippen MR) is 144 cm³/mol. The molecule has 4 rings (SSSR count). The van der Waals surface area contributed by atoms with Gasteiger partial charge < -0.3 is 29.3 Å². The van der Waals surface area contributed by atoms with E-state index in [-0.39, 0.29) is 30.6 Å². The molecule has 38 heavy (non-hydrogen) atoms. The summed E-state index contributed by atoms with van der Waals surface area (Å²) < 4.78 is 17.0. The zero-order valence-electron chi connectivity index (χ0n) is 21.4. The molecule has 200 valence electrons. The summed E-state index contributed by atoms with van der Waals surface area (Å²) in [6, 6.07) is 16.6. The molecule has 1 atom stereocenters. The first-order valence-electron chi connectivity index (χ1n) is 12.3. The van der Waals surface area contributed by atoms with Crippen molar-refractivity contribution < 1.29 is 23.8 Å². The van der Waals surface area contributed by atoms with Gasteiger partial charge in [0.15, 0.2) is 0 Å². The third-order valence-corrected chi connectivity index (χ3v) is 6.40. The maximum Gasteiger partial charge on any atom is 0.257 e. The van der Waals surface area contributed by atoms with E-state index in [1.54, 1.807) is 48.4 Å². The molecule has 1 saturated heterocycles. The number of nitrogens with one attached hydrogen (secondary N) is 1. The lowest BCUT2D eigenvalue weighted by Crippen LogP contribution is -2.55. The Morgan fingerprint density at radius 1 is 1.03 bits per heavy atom. The monoisotopic (exact) mass is 538 g/mol. The van der Waals surface area contributed by atoms with Crippen LogP contribution in [-0.2, 0) is 16.1 Å². The number of ether oxygens (including phenoxy) is 3. The van der Waals surface area contributed by atoms with Crippen LogP contribution in [0.15, 0.2) is 66.9 Å². The number of methoxy groups -OCH3 is 1. The molecule has 0 spiro atoms. The van der Waals surface area contributed by atoms with Crippen LogP contribution in [0.4, 0.5) is 0 Å². The molecule has 2 amide bonds. The molecular formula is C28H31ClN4O5. The number of aromatic nitrogens is 1. The summed E-state index contributed by atoms with van der Waals surface area (Å²) in [6.45, 7) is 2.95. The number of likely N-dealkylation sites (N-methyl/N-ethyl adjacent to an activating group) is 1. The average molecular weight is 539 g/mol. The highest BCUT2D eigenvalue weighted by molar-refractivity contribution is 6.30. The molecule has 1 fully saturated rings. The number of carbonyl (C=O) groups is 2. The zero-order chi connectivity index (χ0) is 26.9. The molecule has 1 aliphatic rings. The molecule has 0 aliphatic carbocycles. The minimum absolute atomic E-state index is 0.00175. The Morgan fingerprint density at radius 2 is 1.79 bits per heavy atom. The zero-order valence-corrected chi connectivity index (χ0v) is 22.2. The van der Waals surface area contributed by atoms with Gasteiger partial charge in [-0.2, -0.15) is 0 Å². The molecule has 0 bridgehead atoms. The largest absolute Gasteiger partial charge is 0.497 e. The summed E-state index contributed by atoms with van der Waals surface area (Å²) in [7, 11) is 3.62. The molecule has 0 radical (unpaired) electrons. The van der Waals surface area contributed by atoms with Gasteiger partial charge in [0, 0.05) is 37.4 Å². The van der Waals surface area contributed by atoms with Gasteiger partial charge in [-0.25, -0.2) is 4.98 Å². The van der Waals surface area contributed by atoms with E-state index in [0.29, 0.717) is 29.6 Å². The molecule has 1 aliphatic heterocycles. The number of hydrogen-bond donors (Lipinski definition) is 1. The Hall–Kier alpha value is -3.66. The number of piperazine rings is 1. The van der Waals surface area contributed by atoms with Crippen molar-refractivity contribution in [3.63, 3.8) is 0 Å². The van der Waals surface area contributed by atoms with Gasteiger partial charge in [0.25, 0.3) is 5.91 Å². The van der Waals surface area contributed by atoms with E-state index in [4.69, 9.17) is 25.8 Å². The Kier molecular flexibility index (Phi) is 9.53. The van der Waals surface area contributed by atoms with E-state index in [2.05, 4.69) is 15.2 Å². The molecule has 1 aromatic heterocycles. The Morgan fingerprint density at radius 3 is 2.53 bits per heavy atom. The highest BCUT2D eigenvalue weighted by Crippen LogP contribution is 2.24. The predicted octanol–water partition coefficient (Wildman–Crippen LogP) is 3.63. The fourth-order valence-electron chi connectivity index (χ4n) is 3.97. The van der Waals surface area contributed by atoms with Crippen molar-refractivity contribution >= 4 is 23.4 Å². The molecule has 1 N–H and O–H groups in total. The fraction of sp³-hybridized carbons (Fsp3) is 0.321. The maximum absolute atomic E-state index is 13.5. The lowest BCUT2D eigenvalue weighted by Gasteiger charge is -2.34. The third-order valence-electron chi connectivity index (χ3n) is 6.15. The van der Waals surface area contributed by atoms with Crippen molar-refractivity contribution in [3.05, 3.63) is 83.0 Å². The average Bonchev–Trinajstić information content (AvgIpc) is 2.94. The van der Waals surface area contributed by atoms with Crippen LogP contribution in [0.5, 0.6) is 17.4 Å². The highest BCUT2D eigenvalue weighted by Gasteiger charge is 2.29. The van der Waals surface area contributed by atoms with Crippen molar-refractivity contribution in [2.45, 2.75) is 12.6 Å². The van der Waals surface area contributed by atoms with Gasteiger partial charge in [-0.05, 0) is 61.1 Å². The minimum atomic E-state index is -0.889. The van der Waals surface area contributed by atoms with Crippen molar-refractivity contribution in [2.24, 2.45) is 0 Å². The minimum Gasteiger partial charge on any atom is -0.497 e. The summed E-state index contributed by atoms with van der Waals surface area (Å²) in [5.74, 6) is 0.638. The molecule has 0 saturated carbocycles. The van der Waals surface area contributed by atoms with Crippen LogP contribution < -0.4 is 14.8 Å². The fourth-order valence-corrected chi connectivity index (χ4v) is 4.10. The Labute approximate surface area is 227 Å². The second kappa shape index (κ2) is 13.2. The van der Waals surface area contributed by atoms with Crippen molar-refractivity contribution in [1.29, 1.82) is 0 Å². The normalized spacial score (nSPS) is 14.6. The lowest BCUT2D eigenvalue weighted by atomic mass is 10.2. The standard InChI is InChI=1S/C28H31ClN4O5/c1-32-13-15-33(16-14-32)28(35)25(19-37-18-20-5-3-6-23(17-20)36-2)31-26(34)24-7-4-12-30-27(24)38-22-10-8-21(29)9-11-22/h3-12,17,25H,13-16,18-19H2,1-2H3,(H,31,34)/t25-/m1/s1. The summed E-state index contributed by atoms with van der Waals surface area (Å²) in [6.07, 6.45) is 1.53. The van der Waals surface area contributed by atoms with Gasteiger partial charge in [-0.15, -0.1) is 0 Å². The van der Waals surface area contributed by atoms with Gasteiger partial charge >= 0.3 is 0 Å². The quantitative estimate of drug-likeness (QED) is 0.421. The summed E-state index contributed by atoms with van der Waals surface area (Å²) in [5.41, 5.74) is 1.10.